The van der Waals surface area contributed by atoms with E-state index in [0.717, 1.165) is 4.57 Å². The highest BCUT2D eigenvalue weighted by atomic mass is 16.3. The van der Waals surface area contributed by atoms with Crippen molar-refractivity contribution in [2.24, 2.45) is 14.1 Å². The number of nitrogens with one attached hydrogen (secondary N) is 2. The molecule has 0 unspecified atom stereocenters. The first-order valence-electron chi connectivity index (χ1n) is 6.92. The number of aromatic nitrogens is 5. The Labute approximate surface area is 135 Å². The van der Waals surface area contributed by atoms with Crippen molar-refractivity contribution in [3.05, 3.63) is 50.6 Å². The first kappa shape index (κ1) is 15.3. The molecule has 10 nitrogen and oxygen atoms in total. The third kappa shape index (κ3) is 2.48. The smallest absolute Gasteiger partial charge is 0.332 e. The van der Waals surface area contributed by atoms with Crippen LogP contribution in [0.4, 0.5) is 5.82 Å². The molecule has 0 fully saturated rings. The Morgan fingerprint density at radius 1 is 1.38 bits per heavy atom. The molecule has 0 atom stereocenters. The van der Waals surface area contributed by atoms with Gasteiger partial charge in [0.05, 0.1) is 12.8 Å². The lowest BCUT2D eigenvalue weighted by molar-refractivity contribution is 0.577. The number of anilines is 1. The van der Waals surface area contributed by atoms with Crippen LogP contribution in [0.15, 0.2) is 32.4 Å². The Balaban J connectivity index is 1.89. The number of hydrogen-bond acceptors (Lipinski definition) is 7. The number of rotatable bonds is 4. The van der Waals surface area contributed by atoms with E-state index < -0.39 is 11.2 Å². The fourth-order valence-electron chi connectivity index (χ4n) is 2.21. The Morgan fingerprint density at radius 2 is 2.17 bits per heavy atom. The molecule has 0 saturated carbocycles. The lowest BCUT2D eigenvalue weighted by atomic mass is 10.3. The largest absolute Gasteiger partial charge is 0.461 e. The first-order valence-corrected chi connectivity index (χ1v) is 6.92. The predicted molar refractivity (Wildman–Crippen MR) is 83.1 cm³/mol. The number of furan rings is 1. The van der Waals surface area contributed by atoms with Crippen molar-refractivity contribution in [1.82, 2.24) is 24.3 Å². The predicted octanol–water partition coefficient (Wildman–Crippen LogP) is -0.0541. The minimum atomic E-state index is -0.656. The lowest BCUT2D eigenvalue weighted by Gasteiger charge is -2.12. The number of aromatic amines is 1. The average Bonchev–Trinajstić information content (AvgIpc) is 3.25. The van der Waals surface area contributed by atoms with E-state index in [4.69, 9.17) is 4.42 Å². The summed E-state index contributed by atoms with van der Waals surface area (Å²) in [6.45, 7) is 0.142. The van der Waals surface area contributed by atoms with Crippen LogP contribution in [0.25, 0.3) is 11.6 Å². The highest BCUT2D eigenvalue weighted by molar-refractivity contribution is 5.51. The summed E-state index contributed by atoms with van der Waals surface area (Å²) in [7, 11) is 2.79. The minimum Gasteiger partial charge on any atom is -0.461 e. The third-order valence-electron chi connectivity index (χ3n) is 3.47. The molecule has 0 saturated heterocycles. The second-order valence-electron chi connectivity index (χ2n) is 4.98. The zero-order valence-electron chi connectivity index (χ0n) is 12.9. The number of H-pyrrole nitrogens is 1. The van der Waals surface area contributed by atoms with E-state index in [0.29, 0.717) is 17.4 Å². The van der Waals surface area contributed by atoms with Gasteiger partial charge in [0, 0.05) is 14.1 Å². The van der Waals surface area contributed by atoms with Crippen LogP contribution >= 0.6 is 0 Å². The molecule has 0 aliphatic heterocycles. The molecule has 0 aliphatic rings. The van der Waals surface area contributed by atoms with Crippen molar-refractivity contribution < 1.29 is 4.42 Å². The molecule has 3 aromatic rings. The third-order valence-corrected chi connectivity index (χ3v) is 3.47. The molecule has 0 aliphatic carbocycles. The van der Waals surface area contributed by atoms with Gasteiger partial charge in [0.25, 0.3) is 5.56 Å². The molecule has 0 spiro atoms. The zero-order valence-corrected chi connectivity index (χ0v) is 12.9. The van der Waals surface area contributed by atoms with Crippen LogP contribution in [0.2, 0.25) is 0 Å². The second-order valence-corrected chi connectivity index (χ2v) is 4.98. The fraction of sp³-hybridized carbons (Fsp3) is 0.214. The molecule has 10 heteroatoms. The highest BCUT2D eigenvalue weighted by Gasteiger charge is 2.16. The van der Waals surface area contributed by atoms with Crippen molar-refractivity contribution in [1.29, 1.82) is 5.26 Å². The molecule has 3 heterocycles. The van der Waals surface area contributed by atoms with Crippen LogP contribution in [0, 0.1) is 11.3 Å². The Morgan fingerprint density at radius 3 is 2.83 bits per heavy atom. The van der Waals surface area contributed by atoms with Crippen molar-refractivity contribution in [2.75, 3.05) is 5.32 Å². The molecule has 0 radical (unpaired) electrons. The van der Waals surface area contributed by atoms with E-state index in [2.05, 4.69) is 20.5 Å². The van der Waals surface area contributed by atoms with Gasteiger partial charge < -0.3 is 9.73 Å². The van der Waals surface area contributed by atoms with Crippen LogP contribution in [-0.2, 0) is 20.6 Å². The van der Waals surface area contributed by atoms with E-state index in [9.17, 15) is 14.9 Å². The van der Waals surface area contributed by atoms with Crippen LogP contribution < -0.4 is 16.6 Å². The molecule has 24 heavy (non-hydrogen) atoms. The second kappa shape index (κ2) is 5.88. The van der Waals surface area contributed by atoms with Crippen LogP contribution in [0.1, 0.15) is 11.4 Å². The molecule has 0 aromatic carbocycles. The van der Waals surface area contributed by atoms with E-state index in [1.54, 1.807) is 12.1 Å². The van der Waals surface area contributed by atoms with E-state index >= 15 is 0 Å². The van der Waals surface area contributed by atoms with Crippen LogP contribution in [0.5, 0.6) is 0 Å². The van der Waals surface area contributed by atoms with Crippen LogP contribution in [0.3, 0.4) is 0 Å². The zero-order chi connectivity index (χ0) is 17.3. The van der Waals surface area contributed by atoms with Gasteiger partial charge in [-0.1, -0.05) is 0 Å². The monoisotopic (exact) mass is 327 g/mol. The van der Waals surface area contributed by atoms with E-state index in [1.165, 1.54) is 24.9 Å². The molecule has 0 amide bonds. The number of hydrogen-bond donors (Lipinski definition) is 2. The molecule has 3 aromatic heterocycles. The molecular formula is C14H13N7O3. The topological polar surface area (TPSA) is 135 Å². The van der Waals surface area contributed by atoms with Gasteiger partial charge in [0.2, 0.25) is 5.82 Å². The molecule has 0 bridgehead atoms. The van der Waals surface area contributed by atoms with Crippen molar-refractivity contribution in [3.8, 4) is 17.7 Å². The summed E-state index contributed by atoms with van der Waals surface area (Å²) < 4.78 is 7.28. The summed E-state index contributed by atoms with van der Waals surface area (Å²) in [4.78, 5) is 28.2. The van der Waals surface area contributed by atoms with Gasteiger partial charge in [-0.05, 0) is 12.1 Å². The molecule has 122 valence electrons. The molecular weight excluding hydrogens is 314 g/mol. The van der Waals surface area contributed by atoms with E-state index in [-0.39, 0.29) is 17.9 Å². The van der Waals surface area contributed by atoms with E-state index in [1.807, 2.05) is 6.07 Å². The van der Waals surface area contributed by atoms with Crippen LogP contribution in [-0.4, -0.2) is 24.3 Å². The fourth-order valence-corrected chi connectivity index (χ4v) is 2.21. The first-order chi connectivity index (χ1) is 11.5. The summed E-state index contributed by atoms with van der Waals surface area (Å²) in [6, 6.07) is 5.26. The van der Waals surface area contributed by atoms with Crippen molar-refractivity contribution >= 4 is 5.82 Å². The van der Waals surface area contributed by atoms with Gasteiger partial charge >= 0.3 is 5.69 Å². The summed E-state index contributed by atoms with van der Waals surface area (Å²) in [5.41, 5.74) is -1.34. The van der Waals surface area contributed by atoms with Gasteiger partial charge in [-0.2, -0.15) is 5.26 Å². The SMILES string of the molecule is Cn1c(NCc2nc(-c3ccco3)n[nH]2)c(C#N)c(=O)n(C)c1=O. The number of nitrogens with zero attached hydrogens (tertiary/aromatic N) is 5. The summed E-state index contributed by atoms with van der Waals surface area (Å²) in [6.07, 6.45) is 1.51. The quantitative estimate of drug-likeness (QED) is 0.685. The summed E-state index contributed by atoms with van der Waals surface area (Å²) >= 11 is 0. The Hall–Kier alpha value is -3.61. The standard InChI is InChI=1S/C14H13N7O3/c1-20-12(8(6-15)13(22)21(2)14(20)23)16-7-10-17-11(19-18-10)9-4-3-5-24-9/h3-5,16H,7H2,1-2H3,(H,17,18,19). The van der Waals surface area contributed by atoms with Crippen molar-refractivity contribution in [2.45, 2.75) is 6.54 Å². The van der Waals surface area contributed by atoms with Crippen molar-refractivity contribution in [3.63, 3.8) is 0 Å². The maximum Gasteiger partial charge on any atom is 0.332 e. The highest BCUT2D eigenvalue weighted by Crippen LogP contribution is 2.15. The Bertz CT molecular complexity index is 1030. The normalized spacial score (nSPS) is 10.5. The van der Waals surface area contributed by atoms with Gasteiger partial charge in [0.1, 0.15) is 17.7 Å². The maximum absolute atomic E-state index is 12.0. The summed E-state index contributed by atoms with van der Waals surface area (Å²) in [5.74, 6) is 1.48. The number of nitriles is 1. The van der Waals surface area contributed by atoms with Gasteiger partial charge in [-0.25, -0.2) is 9.78 Å². The maximum atomic E-state index is 12.0. The Kier molecular flexibility index (Phi) is 3.75. The molecule has 2 N–H and O–H groups in total. The minimum absolute atomic E-state index is 0.126. The van der Waals surface area contributed by atoms with Gasteiger partial charge in [0.15, 0.2) is 11.3 Å². The summed E-state index contributed by atoms with van der Waals surface area (Å²) in [5, 5.41) is 18.8. The molecule has 3 rings (SSSR count). The lowest BCUT2D eigenvalue weighted by Crippen LogP contribution is -2.39. The van der Waals surface area contributed by atoms with Gasteiger partial charge in [-0.15, -0.1) is 5.10 Å². The van der Waals surface area contributed by atoms with Gasteiger partial charge in [-0.3, -0.25) is 19.0 Å². The average molecular weight is 327 g/mol.